The molecule has 1 aliphatic rings. The van der Waals surface area contributed by atoms with Crippen LogP contribution >= 0.6 is 0 Å². The van der Waals surface area contributed by atoms with Gasteiger partial charge in [-0.25, -0.2) is 0 Å². The van der Waals surface area contributed by atoms with Crippen molar-refractivity contribution in [1.29, 1.82) is 5.26 Å². The Hall–Kier alpha value is -3.98. The summed E-state index contributed by atoms with van der Waals surface area (Å²) in [7, 11) is 0. The molecule has 6 nitrogen and oxygen atoms in total. The quantitative estimate of drug-likeness (QED) is 0.698. The van der Waals surface area contributed by atoms with Gasteiger partial charge in [-0.05, 0) is 48.7 Å². The van der Waals surface area contributed by atoms with Crippen LogP contribution in [0, 0.1) is 31.1 Å². The number of rotatable bonds is 4. The second kappa shape index (κ2) is 8.41. The largest absolute Gasteiger partial charge is 0.336 e. The lowest BCUT2D eigenvalue weighted by Gasteiger charge is -2.35. The summed E-state index contributed by atoms with van der Waals surface area (Å²) >= 11 is 0. The Morgan fingerprint density at radius 3 is 2.55 bits per heavy atom. The van der Waals surface area contributed by atoms with Crippen LogP contribution in [0.25, 0.3) is 11.1 Å². The minimum absolute atomic E-state index is 0.0986. The van der Waals surface area contributed by atoms with Gasteiger partial charge in [0.05, 0.1) is 23.2 Å². The van der Waals surface area contributed by atoms with Crippen LogP contribution in [0.3, 0.4) is 0 Å². The zero-order valence-corrected chi connectivity index (χ0v) is 17.4. The predicted molar refractivity (Wildman–Crippen MR) is 119 cm³/mol. The van der Waals surface area contributed by atoms with Gasteiger partial charge in [-0.1, -0.05) is 36.4 Å². The van der Waals surface area contributed by atoms with E-state index in [1.165, 1.54) is 0 Å². The molecule has 1 aromatic heterocycles. The van der Waals surface area contributed by atoms with E-state index in [1.807, 2.05) is 56.3 Å². The molecule has 1 fully saturated rings. The average molecular weight is 410 g/mol. The van der Waals surface area contributed by atoms with E-state index in [0.29, 0.717) is 35.6 Å². The third-order valence-corrected chi connectivity index (χ3v) is 5.54. The van der Waals surface area contributed by atoms with Gasteiger partial charge in [0, 0.05) is 30.5 Å². The van der Waals surface area contributed by atoms with Gasteiger partial charge in [0.15, 0.2) is 0 Å². The molecule has 1 N–H and O–H groups in total. The lowest BCUT2D eigenvalue weighted by molar-refractivity contribution is 0.0577. The van der Waals surface area contributed by atoms with Crippen LogP contribution in [-0.4, -0.2) is 34.8 Å². The number of pyridine rings is 1. The molecule has 1 saturated heterocycles. The van der Waals surface area contributed by atoms with Crippen molar-refractivity contribution in [3.63, 3.8) is 0 Å². The van der Waals surface area contributed by atoms with E-state index in [4.69, 9.17) is 5.26 Å². The van der Waals surface area contributed by atoms with Crippen LogP contribution in [-0.2, 0) is 0 Å². The van der Waals surface area contributed by atoms with Crippen molar-refractivity contribution in [2.45, 2.75) is 13.8 Å². The molecule has 0 unspecified atom stereocenters. The summed E-state index contributed by atoms with van der Waals surface area (Å²) in [4.78, 5) is 31.9. The van der Waals surface area contributed by atoms with Crippen LogP contribution in [0.2, 0.25) is 0 Å². The molecule has 0 spiro atoms. The fourth-order valence-corrected chi connectivity index (χ4v) is 3.69. The first-order valence-electron chi connectivity index (χ1n) is 10.1. The van der Waals surface area contributed by atoms with E-state index >= 15 is 0 Å². The summed E-state index contributed by atoms with van der Waals surface area (Å²) in [6.07, 6.45) is 1.69. The van der Waals surface area contributed by atoms with Gasteiger partial charge in [-0.3, -0.25) is 14.6 Å². The molecule has 31 heavy (non-hydrogen) atoms. The van der Waals surface area contributed by atoms with E-state index in [2.05, 4.69) is 16.4 Å². The zero-order valence-electron chi connectivity index (χ0n) is 17.4. The van der Waals surface area contributed by atoms with Crippen LogP contribution in [0.15, 0.2) is 60.8 Å². The monoisotopic (exact) mass is 410 g/mol. The van der Waals surface area contributed by atoms with Gasteiger partial charge >= 0.3 is 0 Å². The third-order valence-electron chi connectivity index (χ3n) is 5.54. The molecule has 0 radical (unpaired) electrons. The van der Waals surface area contributed by atoms with Gasteiger partial charge in [0.25, 0.3) is 11.8 Å². The molecule has 0 saturated carbocycles. The Bertz CT molecular complexity index is 1190. The normalized spacial score (nSPS) is 13.3. The van der Waals surface area contributed by atoms with Gasteiger partial charge in [-0.15, -0.1) is 0 Å². The SMILES string of the molecule is Cc1ccc(C(=O)N2CC(C#N)C2)cc1NC(=O)c1c(-c2ccccc2)ccnc1C. The van der Waals surface area contributed by atoms with Gasteiger partial charge in [0.2, 0.25) is 0 Å². The lowest BCUT2D eigenvalue weighted by Crippen LogP contribution is -2.49. The van der Waals surface area contributed by atoms with E-state index in [1.54, 1.807) is 23.2 Å². The minimum atomic E-state index is -0.273. The van der Waals surface area contributed by atoms with E-state index in [0.717, 1.165) is 16.7 Å². The number of anilines is 1. The molecule has 4 rings (SSSR count). The highest BCUT2D eigenvalue weighted by atomic mass is 16.2. The highest BCUT2D eigenvalue weighted by molar-refractivity contribution is 6.10. The van der Waals surface area contributed by atoms with Crippen LogP contribution in [0.5, 0.6) is 0 Å². The van der Waals surface area contributed by atoms with Gasteiger partial charge in [0.1, 0.15) is 0 Å². The third kappa shape index (κ3) is 4.03. The molecule has 2 aromatic carbocycles. The molecule has 0 aliphatic carbocycles. The maximum absolute atomic E-state index is 13.3. The number of hydrogen-bond donors (Lipinski definition) is 1. The van der Waals surface area contributed by atoms with Crippen molar-refractivity contribution >= 4 is 17.5 Å². The number of carbonyl (C=O) groups excluding carboxylic acids is 2. The Morgan fingerprint density at radius 2 is 1.84 bits per heavy atom. The topological polar surface area (TPSA) is 86.1 Å². The number of aryl methyl sites for hydroxylation is 2. The summed E-state index contributed by atoms with van der Waals surface area (Å²) < 4.78 is 0. The molecule has 0 bridgehead atoms. The first kappa shape index (κ1) is 20.3. The molecule has 3 aromatic rings. The first-order chi connectivity index (χ1) is 15.0. The number of likely N-dealkylation sites (tertiary alicyclic amines) is 1. The van der Waals surface area contributed by atoms with Crippen molar-refractivity contribution in [3.05, 3.63) is 83.2 Å². The molecule has 2 heterocycles. The van der Waals surface area contributed by atoms with Gasteiger partial charge in [-0.2, -0.15) is 5.26 Å². The Labute approximate surface area is 181 Å². The van der Waals surface area contributed by atoms with Crippen molar-refractivity contribution in [2.24, 2.45) is 5.92 Å². The smallest absolute Gasteiger partial charge is 0.258 e. The summed E-state index contributed by atoms with van der Waals surface area (Å²) in [6, 6.07) is 19.0. The minimum Gasteiger partial charge on any atom is -0.336 e. The number of nitrogens with one attached hydrogen (secondary N) is 1. The highest BCUT2D eigenvalue weighted by Gasteiger charge is 2.31. The summed E-state index contributed by atoms with van der Waals surface area (Å²) in [5, 5.41) is 11.9. The second-order valence-electron chi connectivity index (χ2n) is 7.70. The maximum Gasteiger partial charge on any atom is 0.258 e. The van der Waals surface area contributed by atoms with Crippen molar-refractivity contribution in [2.75, 3.05) is 18.4 Å². The molecule has 154 valence electrons. The van der Waals surface area contributed by atoms with Crippen LogP contribution in [0.1, 0.15) is 32.0 Å². The summed E-state index contributed by atoms with van der Waals surface area (Å²) in [5.74, 6) is -0.506. The molecule has 6 heteroatoms. The van der Waals surface area contributed by atoms with E-state index in [-0.39, 0.29) is 17.7 Å². The number of amides is 2. The average Bonchev–Trinajstić information content (AvgIpc) is 2.74. The molecule has 2 amide bonds. The highest BCUT2D eigenvalue weighted by Crippen LogP contribution is 2.27. The molecular weight excluding hydrogens is 388 g/mol. The van der Waals surface area contributed by atoms with E-state index < -0.39 is 0 Å². The maximum atomic E-state index is 13.3. The number of aromatic nitrogens is 1. The lowest BCUT2D eigenvalue weighted by atomic mass is 9.98. The van der Waals surface area contributed by atoms with Crippen LogP contribution < -0.4 is 5.32 Å². The molecule has 1 aliphatic heterocycles. The fraction of sp³-hybridized carbons (Fsp3) is 0.200. The standard InChI is InChI=1S/C25H22N4O2/c1-16-8-9-20(25(31)29-14-18(13-26)15-29)12-22(16)28-24(30)23-17(2)27-11-10-21(23)19-6-4-3-5-7-19/h3-12,18H,14-15H2,1-2H3,(H,28,30). The number of nitrogens with zero attached hydrogens (tertiary/aromatic N) is 3. The predicted octanol–water partition coefficient (Wildman–Crippen LogP) is 4.21. The second-order valence-corrected chi connectivity index (χ2v) is 7.70. The van der Waals surface area contributed by atoms with E-state index in [9.17, 15) is 9.59 Å². The Balaban J connectivity index is 1.62. The summed E-state index contributed by atoms with van der Waals surface area (Å²) in [5.41, 5.74) is 4.80. The number of carbonyl (C=O) groups is 2. The molecule has 0 atom stereocenters. The summed E-state index contributed by atoms with van der Waals surface area (Å²) in [6.45, 7) is 4.58. The van der Waals surface area contributed by atoms with Crippen molar-refractivity contribution in [1.82, 2.24) is 9.88 Å². The number of nitriles is 1. The Morgan fingerprint density at radius 1 is 1.10 bits per heavy atom. The zero-order chi connectivity index (χ0) is 22.0. The van der Waals surface area contributed by atoms with Crippen molar-refractivity contribution < 1.29 is 9.59 Å². The van der Waals surface area contributed by atoms with Gasteiger partial charge < -0.3 is 10.2 Å². The number of benzene rings is 2. The molecular formula is C25H22N4O2. The number of hydrogen-bond acceptors (Lipinski definition) is 4. The van der Waals surface area contributed by atoms with Crippen LogP contribution in [0.4, 0.5) is 5.69 Å². The Kier molecular flexibility index (Phi) is 5.50. The van der Waals surface area contributed by atoms with Crippen molar-refractivity contribution in [3.8, 4) is 17.2 Å². The first-order valence-corrected chi connectivity index (χ1v) is 10.1. The fourth-order valence-electron chi connectivity index (χ4n) is 3.69.